The van der Waals surface area contributed by atoms with Gasteiger partial charge in [-0.1, -0.05) is 23.7 Å². The molecule has 4 rings (SSSR count). The minimum absolute atomic E-state index is 0.0418. The second kappa shape index (κ2) is 12.4. The van der Waals surface area contributed by atoms with Gasteiger partial charge in [0, 0.05) is 40.9 Å². The highest BCUT2D eigenvalue weighted by Crippen LogP contribution is 2.42. The number of likely N-dealkylation sites (tertiary alicyclic amines) is 1. The molecule has 0 spiro atoms. The second-order valence-electron chi connectivity index (χ2n) is 9.75. The molecule has 2 heterocycles. The maximum atomic E-state index is 15.6. The van der Waals surface area contributed by atoms with Gasteiger partial charge in [-0.25, -0.2) is 4.39 Å². The second-order valence-corrected chi connectivity index (χ2v) is 11.3. The number of aliphatic hydroxyl groups is 1. The van der Waals surface area contributed by atoms with Gasteiger partial charge in [-0.2, -0.15) is 13.2 Å². The number of aromatic nitrogens is 1. The normalized spacial score (nSPS) is 17.0. The fraction of sp³-hybridized carbons (Fsp3) is 0.464. The highest BCUT2D eigenvalue weighted by molar-refractivity contribution is 7.99. The third-order valence-electron chi connectivity index (χ3n) is 7.42. The van der Waals surface area contributed by atoms with Crippen molar-refractivity contribution in [2.45, 2.75) is 42.9 Å². The van der Waals surface area contributed by atoms with Crippen molar-refractivity contribution in [1.29, 1.82) is 0 Å². The van der Waals surface area contributed by atoms with E-state index in [4.69, 9.17) is 16.3 Å². The topological polar surface area (TPSA) is 45.6 Å². The quantitative estimate of drug-likeness (QED) is 0.201. The molecule has 1 saturated heterocycles. The number of nitrogens with zero attached hydrogens (tertiary/aromatic N) is 2. The van der Waals surface area contributed by atoms with Crippen LogP contribution in [0.2, 0.25) is 5.02 Å². The number of rotatable bonds is 10. The fourth-order valence-corrected chi connectivity index (χ4v) is 6.39. The van der Waals surface area contributed by atoms with E-state index < -0.39 is 23.3 Å². The Kier molecular flexibility index (Phi) is 9.44. The van der Waals surface area contributed by atoms with Crippen molar-refractivity contribution in [2.24, 2.45) is 5.41 Å². The van der Waals surface area contributed by atoms with Gasteiger partial charge in [-0.3, -0.25) is 4.98 Å². The largest absolute Gasteiger partial charge is 0.497 e. The smallest absolute Gasteiger partial charge is 0.417 e. The first-order valence-corrected chi connectivity index (χ1v) is 13.9. The number of piperidine rings is 1. The molecule has 1 atom stereocenters. The lowest BCUT2D eigenvalue weighted by Crippen LogP contribution is -2.42. The van der Waals surface area contributed by atoms with Crippen LogP contribution in [0.15, 0.2) is 53.6 Å². The molecule has 1 aliphatic heterocycles. The Bertz CT molecular complexity index is 1240. The van der Waals surface area contributed by atoms with Crippen molar-refractivity contribution in [3.05, 3.63) is 64.8 Å². The molecule has 0 bridgehead atoms. The van der Waals surface area contributed by atoms with Crippen LogP contribution >= 0.6 is 23.4 Å². The first-order chi connectivity index (χ1) is 18.2. The molecule has 3 aromatic rings. The van der Waals surface area contributed by atoms with Crippen LogP contribution < -0.4 is 4.74 Å². The summed E-state index contributed by atoms with van der Waals surface area (Å²) in [6.45, 7) is 2.01. The van der Waals surface area contributed by atoms with E-state index in [0.717, 1.165) is 6.07 Å². The minimum atomic E-state index is -4.37. The van der Waals surface area contributed by atoms with Crippen LogP contribution in [0.1, 0.15) is 43.0 Å². The van der Waals surface area contributed by atoms with Crippen LogP contribution in [-0.4, -0.2) is 54.1 Å². The standard InChI is InChI=1S/C28H31ClF4N2O2S/c1-37-19-6-7-24-20(16-19)26(22(29)17-34-24)23(30)8-9-27(18-36)10-12-35(13-11-27)14-15-38-25-5-3-2-4-21(25)28(31,32)33/h2-7,16-17,23,36H,8-15,18H2,1H3/t23-/m1/s1. The monoisotopic (exact) mass is 570 g/mol. The van der Waals surface area contributed by atoms with Crippen molar-refractivity contribution < 1.29 is 27.4 Å². The zero-order valence-corrected chi connectivity index (χ0v) is 22.7. The Morgan fingerprint density at radius 3 is 2.61 bits per heavy atom. The fourth-order valence-electron chi connectivity index (χ4n) is 5.04. The molecule has 1 aromatic heterocycles. The van der Waals surface area contributed by atoms with E-state index in [1.165, 1.54) is 30.1 Å². The lowest BCUT2D eigenvalue weighted by molar-refractivity contribution is -0.139. The van der Waals surface area contributed by atoms with E-state index in [0.29, 0.717) is 66.9 Å². The molecular formula is C28H31ClF4N2O2S. The van der Waals surface area contributed by atoms with Crippen LogP contribution in [-0.2, 0) is 6.18 Å². The summed E-state index contributed by atoms with van der Waals surface area (Å²) < 4.78 is 60.6. The molecule has 0 unspecified atom stereocenters. The predicted octanol–water partition coefficient (Wildman–Crippen LogP) is 7.57. The molecule has 2 aromatic carbocycles. The van der Waals surface area contributed by atoms with Crippen LogP contribution in [0.3, 0.4) is 0 Å². The molecular weight excluding hydrogens is 540 g/mol. The van der Waals surface area contributed by atoms with E-state index >= 15 is 4.39 Å². The molecule has 10 heteroatoms. The third kappa shape index (κ3) is 6.73. The molecule has 38 heavy (non-hydrogen) atoms. The lowest BCUT2D eigenvalue weighted by Gasteiger charge is -2.41. The predicted molar refractivity (Wildman–Crippen MR) is 144 cm³/mol. The first-order valence-electron chi connectivity index (χ1n) is 12.5. The Balaban J connectivity index is 1.33. The zero-order chi connectivity index (χ0) is 27.3. The van der Waals surface area contributed by atoms with Crippen LogP contribution in [0.5, 0.6) is 5.75 Å². The number of aliphatic hydroxyl groups excluding tert-OH is 1. The Morgan fingerprint density at radius 1 is 1.18 bits per heavy atom. The van der Waals surface area contributed by atoms with Crippen LogP contribution in [0, 0.1) is 5.41 Å². The summed E-state index contributed by atoms with van der Waals surface area (Å²) in [5.41, 5.74) is 0.0133. The van der Waals surface area contributed by atoms with Gasteiger partial charge >= 0.3 is 6.18 Å². The van der Waals surface area contributed by atoms with Crippen molar-refractivity contribution in [2.75, 3.05) is 39.1 Å². The Morgan fingerprint density at radius 2 is 1.92 bits per heavy atom. The SMILES string of the molecule is COc1ccc2ncc(Cl)c([C@H](F)CCC3(CO)CCN(CCSc4ccccc4C(F)(F)F)CC3)c2c1. The van der Waals surface area contributed by atoms with Crippen molar-refractivity contribution in [3.63, 3.8) is 0 Å². The highest BCUT2D eigenvalue weighted by Gasteiger charge is 2.36. The average Bonchev–Trinajstić information content (AvgIpc) is 2.92. The molecule has 0 aliphatic carbocycles. The molecule has 0 amide bonds. The summed E-state index contributed by atoms with van der Waals surface area (Å²) in [4.78, 5) is 6.72. The average molecular weight is 571 g/mol. The van der Waals surface area contributed by atoms with E-state index in [1.807, 2.05) is 0 Å². The Labute approximate surface area is 229 Å². The maximum absolute atomic E-state index is 15.6. The number of hydrogen-bond acceptors (Lipinski definition) is 5. The number of alkyl halides is 4. The number of hydrogen-bond donors (Lipinski definition) is 1. The molecule has 1 aliphatic rings. The summed E-state index contributed by atoms with van der Waals surface area (Å²) in [6, 6.07) is 10.9. The number of halogens is 5. The van der Waals surface area contributed by atoms with Gasteiger partial charge in [0.2, 0.25) is 0 Å². The van der Waals surface area contributed by atoms with Crippen molar-refractivity contribution in [3.8, 4) is 5.75 Å². The number of pyridine rings is 1. The van der Waals surface area contributed by atoms with E-state index in [-0.39, 0.29) is 22.9 Å². The summed E-state index contributed by atoms with van der Waals surface area (Å²) in [6.07, 6.45) is -2.15. The summed E-state index contributed by atoms with van der Waals surface area (Å²) >= 11 is 7.57. The van der Waals surface area contributed by atoms with Gasteiger partial charge in [-0.15, -0.1) is 11.8 Å². The zero-order valence-electron chi connectivity index (χ0n) is 21.1. The number of methoxy groups -OCH3 is 1. The third-order valence-corrected chi connectivity index (χ3v) is 8.77. The van der Waals surface area contributed by atoms with Crippen LogP contribution in [0.25, 0.3) is 10.9 Å². The van der Waals surface area contributed by atoms with E-state index in [9.17, 15) is 18.3 Å². The van der Waals surface area contributed by atoms with Gasteiger partial charge < -0.3 is 14.7 Å². The van der Waals surface area contributed by atoms with Crippen molar-refractivity contribution >= 4 is 34.3 Å². The highest BCUT2D eigenvalue weighted by atomic mass is 35.5. The lowest BCUT2D eigenvalue weighted by atomic mass is 9.74. The van der Waals surface area contributed by atoms with Crippen molar-refractivity contribution in [1.82, 2.24) is 9.88 Å². The number of fused-ring (bicyclic) bond motifs is 1. The van der Waals surface area contributed by atoms with Crippen LogP contribution in [0.4, 0.5) is 17.6 Å². The van der Waals surface area contributed by atoms with Gasteiger partial charge in [0.15, 0.2) is 0 Å². The molecule has 0 radical (unpaired) electrons. The molecule has 4 nitrogen and oxygen atoms in total. The minimum Gasteiger partial charge on any atom is -0.497 e. The Hall–Kier alpha value is -2.07. The molecule has 1 fully saturated rings. The molecule has 1 N–H and O–H groups in total. The number of benzene rings is 2. The van der Waals surface area contributed by atoms with Gasteiger partial charge in [0.05, 0.1) is 23.2 Å². The van der Waals surface area contributed by atoms with Gasteiger partial charge in [-0.05, 0) is 74.5 Å². The number of thioether (sulfide) groups is 1. The first kappa shape index (κ1) is 28.9. The summed E-state index contributed by atoms with van der Waals surface area (Å²) in [5.74, 6) is 1.12. The summed E-state index contributed by atoms with van der Waals surface area (Å²) in [5, 5.41) is 11.1. The van der Waals surface area contributed by atoms with Gasteiger partial charge in [0.25, 0.3) is 0 Å². The van der Waals surface area contributed by atoms with E-state index in [1.54, 1.807) is 31.4 Å². The van der Waals surface area contributed by atoms with Gasteiger partial charge in [0.1, 0.15) is 11.9 Å². The molecule has 0 saturated carbocycles. The number of ether oxygens (including phenoxy) is 1. The van der Waals surface area contributed by atoms with E-state index in [2.05, 4.69) is 9.88 Å². The molecule has 206 valence electrons. The maximum Gasteiger partial charge on any atom is 0.417 e. The summed E-state index contributed by atoms with van der Waals surface area (Å²) in [7, 11) is 1.54.